The molecule has 4 aromatic rings. The van der Waals surface area contributed by atoms with Gasteiger partial charge in [0.25, 0.3) is 0 Å². The van der Waals surface area contributed by atoms with E-state index in [1.54, 1.807) is 0 Å². The summed E-state index contributed by atoms with van der Waals surface area (Å²) in [6, 6.07) is 35.9. The van der Waals surface area contributed by atoms with Crippen LogP contribution >= 0.6 is 0 Å². The Labute approximate surface area is 166 Å². The number of hydrogen-bond acceptors (Lipinski definition) is 0. The van der Waals surface area contributed by atoms with E-state index in [1.807, 2.05) is 0 Å². The highest BCUT2D eigenvalue weighted by molar-refractivity contribution is 5.88. The van der Waals surface area contributed by atoms with Gasteiger partial charge in [-0.05, 0) is 44.5 Å². The van der Waals surface area contributed by atoms with Crippen LogP contribution in [0.25, 0.3) is 22.3 Å². The predicted molar refractivity (Wildman–Crippen MR) is 117 cm³/mol. The van der Waals surface area contributed by atoms with Crippen molar-refractivity contribution in [2.24, 2.45) is 0 Å². The fourth-order valence-electron chi connectivity index (χ4n) is 5.98. The van der Waals surface area contributed by atoms with Gasteiger partial charge in [0.05, 0.1) is 0 Å². The van der Waals surface area contributed by atoms with Crippen molar-refractivity contribution in [1.82, 2.24) is 0 Å². The molecule has 0 saturated heterocycles. The van der Waals surface area contributed by atoms with E-state index in [0.717, 1.165) is 0 Å². The highest BCUT2D eigenvalue weighted by Gasteiger charge is 2.57. The minimum Gasteiger partial charge on any atom is -0.0619 e. The van der Waals surface area contributed by atoms with Crippen molar-refractivity contribution in [3.63, 3.8) is 0 Å². The van der Waals surface area contributed by atoms with Crippen LogP contribution in [0.2, 0.25) is 0 Å². The topological polar surface area (TPSA) is 0 Å². The summed E-state index contributed by atoms with van der Waals surface area (Å²) < 4.78 is 0. The standard InChI is InChI=1S/C28H22/c1-27(23-15-7-3-11-19(23)20-12-4-8-16-24(20)27)28(2)25-17-9-5-13-21(25)22-14-6-10-18-26(22)28/h3-18H,1-2H3. The first-order valence-electron chi connectivity index (χ1n) is 10.1. The third-order valence-corrected chi connectivity index (χ3v) is 7.44. The van der Waals surface area contributed by atoms with Crippen LogP contribution in [-0.4, -0.2) is 0 Å². The molecule has 0 atom stereocenters. The summed E-state index contributed by atoms with van der Waals surface area (Å²) >= 11 is 0. The number of rotatable bonds is 1. The summed E-state index contributed by atoms with van der Waals surface area (Å²) in [5.74, 6) is 0. The van der Waals surface area contributed by atoms with Gasteiger partial charge in [0, 0.05) is 10.8 Å². The van der Waals surface area contributed by atoms with Gasteiger partial charge in [-0.25, -0.2) is 0 Å². The zero-order chi connectivity index (χ0) is 18.9. The van der Waals surface area contributed by atoms with Gasteiger partial charge in [-0.3, -0.25) is 0 Å². The first-order chi connectivity index (χ1) is 13.7. The fraction of sp³-hybridized carbons (Fsp3) is 0.143. The summed E-state index contributed by atoms with van der Waals surface area (Å²) in [5.41, 5.74) is 11.0. The van der Waals surface area contributed by atoms with Crippen molar-refractivity contribution in [3.05, 3.63) is 119 Å². The second-order valence-corrected chi connectivity index (χ2v) is 8.43. The first-order valence-corrected chi connectivity index (χ1v) is 10.1. The van der Waals surface area contributed by atoms with E-state index in [0.29, 0.717) is 0 Å². The van der Waals surface area contributed by atoms with Crippen LogP contribution in [0.4, 0.5) is 0 Å². The normalized spacial score (nSPS) is 16.8. The molecule has 0 fully saturated rings. The largest absolute Gasteiger partial charge is 0.0619 e. The summed E-state index contributed by atoms with van der Waals surface area (Å²) in [7, 11) is 0. The van der Waals surface area contributed by atoms with E-state index in [2.05, 4.69) is 111 Å². The van der Waals surface area contributed by atoms with Gasteiger partial charge in [0.1, 0.15) is 0 Å². The van der Waals surface area contributed by atoms with Gasteiger partial charge in [-0.15, -0.1) is 0 Å². The lowest BCUT2D eigenvalue weighted by Gasteiger charge is -2.45. The SMILES string of the molecule is CC1(C2(C)c3ccccc3-c3ccccc32)c2ccccc2-c2ccccc21. The Morgan fingerprint density at radius 2 is 0.571 bits per heavy atom. The third-order valence-electron chi connectivity index (χ3n) is 7.44. The molecule has 2 aliphatic carbocycles. The van der Waals surface area contributed by atoms with Crippen molar-refractivity contribution in [2.45, 2.75) is 24.7 Å². The van der Waals surface area contributed by atoms with Gasteiger partial charge in [-0.1, -0.05) is 111 Å². The van der Waals surface area contributed by atoms with Crippen LogP contribution in [0.3, 0.4) is 0 Å². The Morgan fingerprint density at radius 1 is 0.357 bits per heavy atom. The third kappa shape index (κ3) is 1.63. The number of benzene rings is 4. The van der Waals surface area contributed by atoms with E-state index in [1.165, 1.54) is 44.5 Å². The lowest BCUT2D eigenvalue weighted by Crippen LogP contribution is -2.44. The van der Waals surface area contributed by atoms with Crippen molar-refractivity contribution >= 4 is 0 Å². The van der Waals surface area contributed by atoms with Crippen molar-refractivity contribution in [2.75, 3.05) is 0 Å². The lowest BCUT2D eigenvalue weighted by atomic mass is 9.56. The molecule has 0 aliphatic heterocycles. The average molecular weight is 358 g/mol. The molecule has 0 radical (unpaired) electrons. The maximum absolute atomic E-state index is 2.45. The van der Waals surface area contributed by atoms with Crippen LogP contribution in [-0.2, 0) is 10.8 Å². The highest BCUT2D eigenvalue weighted by atomic mass is 14.6. The minimum atomic E-state index is -0.136. The fourth-order valence-corrected chi connectivity index (χ4v) is 5.98. The Kier molecular flexibility index (Phi) is 2.97. The van der Waals surface area contributed by atoms with Gasteiger partial charge in [0.15, 0.2) is 0 Å². The minimum absolute atomic E-state index is 0.136. The monoisotopic (exact) mass is 358 g/mol. The number of hydrogen-bond donors (Lipinski definition) is 0. The molecule has 0 N–H and O–H groups in total. The molecule has 4 aromatic carbocycles. The summed E-state index contributed by atoms with van der Waals surface area (Å²) in [6.45, 7) is 4.91. The lowest BCUT2D eigenvalue weighted by molar-refractivity contribution is 0.376. The molecule has 0 spiro atoms. The second-order valence-electron chi connectivity index (χ2n) is 8.43. The Morgan fingerprint density at radius 3 is 0.821 bits per heavy atom. The highest BCUT2D eigenvalue weighted by Crippen LogP contribution is 2.64. The number of fused-ring (bicyclic) bond motifs is 6. The molecule has 2 aliphatic rings. The van der Waals surface area contributed by atoms with Gasteiger partial charge in [-0.2, -0.15) is 0 Å². The molecule has 28 heavy (non-hydrogen) atoms. The zero-order valence-corrected chi connectivity index (χ0v) is 16.2. The van der Waals surface area contributed by atoms with Crippen LogP contribution < -0.4 is 0 Å². The van der Waals surface area contributed by atoms with E-state index in [4.69, 9.17) is 0 Å². The smallest absolute Gasteiger partial charge is 0.0321 e. The molecule has 0 unspecified atom stereocenters. The molecule has 0 nitrogen and oxygen atoms in total. The quantitative estimate of drug-likeness (QED) is 0.345. The molecule has 0 aromatic heterocycles. The maximum atomic E-state index is 2.45. The Balaban J connectivity index is 1.78. The molecular weight excluding hydrogens is 336 g/mol. The molecular formula is C28H22. The van der Waals surface area contributed by atoms with E-state index in [9.17, 15) is 0 Å². The predicted octanol–water partition coefficient (Wildman–Crippen LogP) is 6.96. The van der Waals surface area contributed by atoms with Crippen molar-refractivity contribution in [3.8, 4) is 22.3 Å². The van der Waals surface area contributed by atoms with Crippen molar-refractivity contribution < 1.29 is 0 Å². The van der Waals surface area contributed by atoms with Crippen LogP contribution in [0.5, 0.6) is 0 Å². The van der Waals surface area contributed by atoms with E-state index in [-0.39, 0.29) is 10.8 Å². The molecule has 0 heteroatoms. The van der Waals surface area contributed by atoms with Crippen LogP contribution in [0, 0.1) is 0 Å². The Hall–Kier alpha value is -3.12. The van der Waals surface area contributed by atoms with Gasteiger partial charge >= 0.3 is 0 Å². The van der Waals surface area contributed by atoms with Gasteiger partial charge < -0.3 is 0 Å². The zero-order valence-electron chi connectivity index (χ0n) is 16.2. The summed E-state index contributed by atoms with van der Waals surface area (Å²) in [6.07, 6.45) is 0. The maximum Gasteiger partial charge on any atom is 0.0321 e. The molecule has 134 valence electrons. The molecule has 0 bridgehead atoms. The van der Waals surface area contributed by atoms with Crippen molar-refractivity contribution in [1.29, 1.82) is 0 Å². The summed E-state index contributed by atoms with van der Waals surface area (Å²) in [4.78, 5) is 0. The first kappa shape index (κ1) is 15.9. The molecule has 6 rings (SSSR count). The second kappa shape index (κ2) is 5.23. The van der Waals surface area contributed by atoms with Gasteiger partial charge in [0.2, 0.25) is 0 Å². The average Bonchev–Trinajstić information content (AvgIpc) is 3.19. The van der Waals surface area contributed by atoms with Crippen LogP contribution in [0.1, 0.15) is 36.1 Å². The van der Waals surface area contributed by atoms with E-state index >= 15 is 0 Å². The van der Waals surface area contributed by atoms with Crippen LogP contribution in [0.15, 0.2) is 97.1 Å². The summed E-state index contributed by atoms with van der Waals surface area (Å²) in [5, 5.41) is 0. The molecule has 0 heterocycles. The molecule has 0 amide bonds. The van der Waals surface area contributed by atoms with E-state index < -0.39 is 0 Å². The Bertz CT molecular complexity index is 1050. The molecule has 0 saturated carbocycles.